The lowest BCUT2D eigenvalue weighted by Crippen LogP contribution is -2.07. The van der Waals surface area contributed by atoms with Crippen LogP contribution < -0.4 is 0 Å². The lowest BCUT2D eigenvalue weighted by atomic mass is 9.96. The zero-order valence-corrected chi connectivity index (χ0v) is 35.3. The van der Waals surface area contributed by atoms with Crippen LogP contribution >= 0.6 is 0 Å². The summed E-state index contributed by atoms with van der Waals surface area (Å²) in [5.41, 5.74) is 11.5. The standard InChI is InChI=1S/C55H32N4O2.C3H8/c1-2-13-34(14-3-1)53-56-54(38-25-28-44-42-19-7-9-23-48(42)61-50(44)32-38)58-55(57-53)59-46-29-26-33-12-4-5-17-39(33)51(46)45-21-11-20-40(52(45)59)37-16-10-15-35(30-37)36-24-27-43-41-18-6-8-22-47(41)60-49(43)31-36;1-3-2/h1-32H;3H2,1-2H3. The Bertz CT molecular complexity index is 3910. The number of hydrogen-bond acceptors (Lipinski definition) is 5. The molecule has 0 unspecified atom stereocenters. The minimum Gasteiger partial charge on any atom is -0.456 e. The van der Waals surface area contributed by atoms with Crippen molar-refractivity contribution in [1.82, 2.24) is 19.5 Å². The van der Waals surface area contributed by atoms with Crippen LogP contribution in [0.4, 0.5) is 0 Å². The highest BCUT2D eigenvalue weighted by Crippen LogP contribution is 2.42. The van der Waals surface area contributed by atoms with Gasteiger partial charge in [0.05, 0.1) is 11.0 Å². The van der Waals surface area contributed by atoms with E-state index in [4.69, 9.17) is 23.8 Å². The Morgan fingerprint density at radius 3 is 1.66 bits per heavy atom. The van der Waals surface area contributed by atoms with Gasteiger partial charge >= 0.3 is 0 Å². The van der Waals surface area contributed by atoms with E-state index in [0.29, 0.717) is 17.6 Å². The molecule has 6 heteroatoms. The molecular weight excluding hydrogens is 785 g/mol. The van der Waals surface area contributed by atoms with Crippen molar-refractivity contribution >= 4 is 76.5 Å². The van der Waals surface area contributed by atoms with Crippen molar-refractivity contribution in [2.45, 2.75) is 20.3 Å². The van der Waals surface area contributed by atoms with Crippen LogP contribution in [0.2, 0.25) is 0 Å². The van der Waals surface area contributed by atoms with Gasteiger partial charge in [-0.15, -0.1) is 0 Å². The monoisotopic (exact) mass is 824 g/mol. The number of rotatable bonds is 5. The molecule has 0 aliphatic rings. The lowest BCUT2D eigenvalue weighted by molar-refractivity contribution is 0.668. The van der Waals surface area contributed by atoms with Crippen molar-refractivity contribution in [1.29, 1.82) is 0 Å². The zero-order chi connectivity index (χ0) is 42.7. The van der Waals surface area contributed by atoms with Crippen molar-refractivity contribution in [3.63, 3.8) is 0 Å². The molecule has 0 radical (unpaired) electrons. The molecule has 0 aliphatic heterocycles. The topological polar surface area (TPSA) is 69.9 Å². The Balaban J connectivity index is 0.00000141. The van der Waals surface area contributed by atoms with Gasteiger partial charge < -0.3 is 8.83 Å². The van der Waals surface area contributed by atoms with E-state index >= 15 is 0 Å². The summed E-state index contributed by atoms with van der Waals surface area (Å²) in [6.45, 7) is 4.25. The number of benzene rings is 9. The van der Waals surface area contributed by atoms with Gasteiger partial charge in [0.15, 0.2) is 11.6 Å². The first-order valence-electron chi connectivity index (χ1n) is 21.8. The number of nitrogens with zero attached hydrogens (tertiary/aromatic N) is 4. The van der Waals surface area contributed by atoms with Crippen LogP contribution in [0.1, 0.15) is 20.3 Å². The molecule has 64 heavy (non-hydrogen) atoms. The Morgan fingerprint density at radius 1 is 0.391 bits per heavy atom. The fraction of sp³-hybridized carbons (Fsp3) is 0.0517. The van der Waals surface area contributed by atoms with Gasteiger partial charge in [0.2, 0.25) is 5.95 Å². The number of hydrogen-bond donors (Lipinski definition) is 0. The van der Waals surface area contributed by atoms with Crippen LogP contribution in [-0.4, -0.2) is 19.5 Å². The predicted molar refractivity (Wildman–Crippen MR) is 264 cm³/mol. The van der Waals surface area contributed by atoms with Crippen LogP contribution in [0.3, 0.4) is 0 Å². The second-order valence-corrected chi connectivity index (χ2v) is 16.3. The van der Waals surface area contributed by atoms with Crippen molar-refractivity contribution in [3.05, 3.63) is 194 Å². The van der Waals surface area contributed by atoms with E-state index in [1.54, 1.807) is 0 Å². The second-order valence-electron chi connectivity index (χ2n) is 16.3. The first-order chi connectivity index (χ1) is 31.6. The molecule has 13 rings (SSSR count). The van der Waals surface area contributed by atoms with Gasteiger partial charge in [0.25, 0.3) is 0 Å². The first-order valence-corrected chi connectivity index (χ1v) is 21.8. The number of furan rings is 2. The smallest absolute Gasteiger partial charge is 0.238 e. The molecule has 0 fully saturated rings. The Morgan fingerprint density at radius 2 is 0.922 bits per heavy atom. The van der Waals surface area contributed by atoms with E-state index in [9.17, 15) is 0 Å². The molecule has 0 saturated heterocycles. The SMILES string of the molecule is CCC.c1ccc(-c2nc(-c3ccc4c(c3)oc3ccccc34)nc(-n3c4ccc5ccccc5c4c4cccc(-c5cccc(-c6ccc7c(c6)oc6ccccc67)c5)c43)n2)cc1. The normalized spacial score (nSPS) is 11.7. The fourth-order valence-electron chi connectivity index (χ4n) is 9.22. The highest BCUT2D eigenvalue weighted by Gasteiger charge is 2.22. The van der Waals surface area contributed by atoms with E-state index < -0.39 is 0 Å². The van der Waals surface area contributed by atoms with E-state index in [2.05, 4.69) is 146 Å². The molecule has 0 aliphatic carbocycles. The minimum atomic E-state index is 0.530. The molecule has 13 aromatic rings. The third kappa shape index (κ3) is 6.14. The molecule has 0 spiro atoms. The second kappa shape index (κ2) is 15.2. The number of aromatic nitrogens is 4. The average Bonchev–Trinajstić information content (AvgIpc) is 4.03. The van der Waals surface area contributed by atoms with Crippen LogP contribution in [-0.2, 0) is 0 Å². The predicted octanol–water partition coefficient (Wildman–Crippen LogP) is 16.0. The molecule has 0 amide bonds. The highest BCUT2D eigenvalue weighted by atomic mass is 16.3. The van der Waals surface area contributed by atoms with E-state index in [1.807, 2.05) is 66.7 Å². The van der Waals surface area contributed by atoms with Gasteiger partial charge in [-0.3, -0.25) is 4.57 Å². The fourth-order valence-corrected chi connectivity index (χ4v) is 9.22. The molecule has 0 bridgehead atoms. The minimum absolute atomic E-state index is 0.530. The third-order valence-electron chi connectivity index (χ3n) is 12.1. The van der Waals surface area contributed by atoms with E-state index in [-0.39, 0.29) is 0 Å². The van der Waals surface area contributed by atoms with Gasteiger partial charge in [-0.05, 0) is 76.0 Å². The number of para-hydroxylation sites is 3. The largest absolute Gasteiger partial charge is 0.456 e. The maximum Gasteiger partial charge on any atom is 0.238 e. The molecule has 304 valence electrons. The molecule has 0 saturated carbocycles. The Kier molecular flexibility index (Phi) is 8.90. The van der Waals surface area contributed by atoms with Crippen LogP contribution in [0.5, 0.6) is 0 Å². The number of fused-ring (bicyclic) bond motifs is 11. The van der Waals surface area contributed by atoms with E-state index in [0.717, 1.165) is 99.1 Å². The molecule has 4 heterocycles. The van der Waals surface area contributed by atoms with Crippen molar-refractivity contribution < 1.29 is 8.83 Å². The van der Waals surface area contributed by atoms with Crippen LogP contribution in [0.15, 0.2) is 203 Å². The molecular formula is C58H40N4O2. The summed E-state index contributed by atoms with van der Waals surface area (Å²) in [5, 5.41) is 8.96. The summed E-state index contributed by atoms with van der Waals surface area (Å²) in [6.07, 6.45) is 1.25. The Hall–Kier alpha value is -8.35. The van der Waals surface area contributed by atoms with Gasteiger partial charge in [-0.2, -0.15) is 9.97 Å². The first kappa shape index (κ1) is 37.4. The maximum atomic E-state index is 6.35. The van der Waals surface area contributed by atoms with Crippen molar-refractivity contribution in [3.8, 4) is 51.0 Å². The quantitative estimate of drug-likeness (QED) is 0.173. The summed E-state index contributed by atoms with van der Waals surface area (Å²) in [4.78, 5) is 15.8. The summed E-state index contributed by atoms with van der Waals surface area (Å²) in [7, 11) is 0. The van der Waals surface area contributed by atoms with E-state index in [1.165, 1.54) is 17.2 Å². The van der Waals surface area contributed by atoms with Gasteiger partial charge in [0.1, 0.15) is 22.3 Å². The maximum absolute atomic E-state index is 6.35. The summed E-state index contributed by atoms with van der Waals surface area (Å²) >= 11 is 0. The molecule has 9 aromatic carbocycles. The molecule has 6 nitrogen and oxygen atoms in total. The van der Waals surface area contributed by atoms with Gasteiger partial charge in [0, 0.05) is 49.0 Å². The van der Waals surface area contributed by atoms with Crippen molar-refractivity contribution in [2.24, 2.45) is 0 Å². The Labute approximate surface area is 368 Å². The average molecular weight is 825 g/mol. The van der Waals surface area contributed by atoms with Gasteiger partial charge in [-0.1, -0.05) is 166 Å². The van der Waals surface area contributed by atoms with Crippen LogP contribution in [0.25, 0.3) is 127 Å². The van der Waals surface area contributed by atoms with Crippen LogP contribution in [0, 0.1) is 0 Å². The summed E-state index contributed by atoms with van der Waals surface area (Å²) in [5.74, 6) is 1.67. The molecule has 4 aromatic heterocycles. The van der Waals surface area contributed by atoms with Gasteiger partial charge in [-0.25, -0.2) is 4.98 Å². The third-order valence-corrected chi connectivity index (χ3v) is 12.1. The molecule has 0 N–H and O–H groups in total. The highest BCUT2D eigenvalue weighted by molar-refractivity contribution is 6.23. The van der Waals surface area contributed by atoms with Crippen molar-refractivity contribution in [2.75, 3.05) is 0 Å². The zero-order valence-electron chi connectivity index (χ0n) is 35.3. The molecule has 0 atom stereocenters. The summed E-state index contributed by atoms with van der Waals surface area (Å²) < 4.78 is 14.9. The lowest BCUT2D eigenvalue weighted by Gasteiger charge is -2.13. The summed E-state index contributed by atoms with van der Waals surface area (Å²) in [6, 6.07) is 67.5.